The van der Waals surface area contributed by atoms with E-state index in [2.05, 4.69) is 26.6 Å². The number of benzene rings is 2. The molecule has 2 heterocycles. The van der Waals surface area contributed by atoms with Crippen LogP contribution in [0, 0.1) is 10.1 Å². The fourth-order valence-electron chi connectivity index (χ4n) is 3.84. The molecule has 0 unspecified atom stereocenters. The Hall–Kier alpha value is -3.24. The van der Waals surface area contributed by atoms with Crippen molar-refractivity contribution in [2.24, 2.45) is 0 Å². The van der Waals surface area contributed by atoms with Crippen LogP contribution in [0.2, 0.25) is 0 Å². The number of nitro benzene ring substituents is 1. The largest absolute Gasteiger partial charge is 0.459 e. The monoisotopic (exact) mass is 542 g/mol. The Morgan fingerprint density at radius 1 is 1.09 bits per heavy atom. The maximum absolute atomic E-state index is 12.6. The molecule has 0 spiro atoms. The summed E-state index contributed by atoms with van der Waals surface area (Å²) in [5.41, 5.74) is 1.58. The number of rotatable bonds is 6. The number of furan rings is 1. The number of carbonyl (C=O) groups is 1. The molecule has 4 rings (SSSR count). The van der Waals surface area contributed by atoms with E-state index in [0.717, 1.165) is 48.1 Å². The molecule has 0 saturated carbocycles. The van der Waals surface area contributed by atoms with Gasteiger partial charge in [0.05, 0.1) is 11.5 Å². The molecule has 0 aliphatic carbocycles. The van der Waals surface area contributed by atoms with Crippen molar-refractivity contribution in [1.82, 2.24) is 10.6 Å². The van der Waals surface area contributed by atoms with Crippen LogP contribution in [-0.4, -0.2) is 29.0 Å². The topological polar surface area (TPSA) is 101 Å². The van der Waals surface area contributed by atoms with Crippen molar-refractivity contribution >= 4 is 50.5 Å². The van der Waals surface area contributed by atoms with Crippen LogP contribution in [0.15, 0.2) is 63.5 Å². The van der Waals surface area contributed by atoms with E-state index in [9.17, 15) is 14.9 Å². The molecule has 1 aromatic heterocycles. The Labute approximate surface area is 210 Å². The lowest BCUT2D eigenvalue weighted by Gasteiger charge is -2.28. The van der Waals surface area contributed by atoms with Crippen molar-refractivity contribution in [2.75, 3.05) is 18.0 Å². The van der Waals surface area contributed by atoms with Gasteiger partial charge in [-0.25, -0.2) is 0 Å². The molecule has 176 valence electrons. The number of nitrogens with zero attached hydrogens (tertiary/aromatic N) is 2. The number of piperidine rings is 1. The number of anilines is 1. The second-order valence-electron chi connectivity index (χ2n) is 7.92. The van der Waals surface area contributed by atoms with Crippen LogP contribution < -0.4 is 15.5 Å². The maximum Gasteiger partial charge on any atom is 0.293 e. The summed E-state index contributed by atoms with van der Waals surface area (Å²) < 4.78 is 6.82. The van der Waals surface area contributed by atoms with E-state index < -0.39 is 10.8 Å². The average molecular weight is 543 g/mol. The molecule has 1 aliphatic heterocycles. The third kappa shape index (κ3) is 5.81. The van der Waals surface area contributed by atoms with Gasteiger partial charge < -0.3 is 14.6 Å². The Balaban J connectivity index is 1.36. The van der Waals surface area contributed by atoms with Crippen LogP contribution in [0.1, 0.15) is 35.4 Å². The van der Waals surface area contributed by atoms with Crippen LogP contribution in [0.3, 0.4) is 0 Å². The first kappa shape index (κ1) is 23.9. The van der Waals surface area contributed by atoms with E-state index in [0.29, 0.717) is 11.4 Å². The zero-order valence-electron chi connectivity index (χ0n) is 18.3. The minimum absolute atomic E-state index is 0.0792. The standard InChI is InChI=1S/C24H23BrN4O4S/c25-18-7-4-16(5-8-18)22-11-9-19(33-22)15-26-24(34)27-23(30)17-6-10-20(21(14-17)29(31)32)28-12-2-1-3-13-28/h4-11,14H,1-3,12-13,15H2,(H2,26,27,30,34). The first-order chi connectivity index (χ1) is 16.4. The van der Waals surface area contributed by atoms with Crippen molar-refractivity contribution in [2.45, 2.75) is 25.8 Å². The SMILES string of the molecule is O=C(NC(=S)NCc1ccc(-c2ccc(Br)cc2)o1)c1ccc(N2CCCCC2)c([N+](=O)[O-])c1. The van der Waals surface area contributed by atoms with Gasteiger partial charge in [-0.05, 0) is 67.9 Å². The van der Waals surface area contributed by atoms with E-state index in [1.54, 1.807) is 12.1 Å². The summed E-state index contributed by atoms with van der Waals surface area (Å²) >= 11 is 8.63. The van der Waals surface area contributed by atoms with E-state index >= 15 is 0 Å². The molecule has 34 heavy (non-hydrogen) atoms. The second kappa shape index (κ2) is 10.8. The van der Waals surface area contributed by atoms with Crippen molar-refractivity contribution in [3.63, 3.8) is 0 Å². The summed E-state index contributed by atoms with van der Waals surface area (Å²) in [5, 5.41) is 17.2. The van der Waals surface area contributed by atoms with Gasteiger partial charge in [-0.3, -0.25) is 20.2 Å². The zero-order valence-corrected chi connectivity index (χ0v) is 20.7. The first-order valence-electron chi connectivity index (χ1n) is 10.9. The number of hydrogen-bond acceptors (Lipinski definition) is 6. The lowest BCUT2D eigenvalue weighted by atomic mass is 10.1. The van der Waals surface area contributed by atoms with Gasteiger partial charge in [-0.15, -0.1) is 0 Å². The first-order valence-corrected chi connectivity index (χ1v) is 12.1. The number of nitro groups is 1. The lowest BCUT2D eigenvalue weighted by Crippen LogP contribution is -2.38. The Morgan fingerprint density at radius 2 is 1.82 bits per heavy atom. The fraction of sp³-hybridized carbons (Fsp3) is 0.250. The summed E-state index contributed by atoms with van der Waals surface area (Å²) in [6.45, 7) is 1.83. The Bertz CT molecular complexity index is 1210. The van der Waals surface area contributed by atoms with Crippen molar-refractivity contribution in [3.05, 3.63) is 80.5 Å². The average Bonchev–Trinajstić information content (AvgIpc) is 3.32. The number of hydrogen-bond donors (Lipinski definition) is 2. The van der Waals surface area contributed by atoms with Gasteiger partial charge in [0.15, 0.2) is 5.11 Å². The third-order valence-electron chi connectivity index (χ3n) is 5.57. The van der Waals surface area contributed by atoms with Crippen LogP contribution in [0.5, 0.6) is 0 Å². The Morgan fingerprint density at radius 3 is 2.53 bits per heavy atom. The third-order valence-corrected chi connectivity index (χ3v) is 6.35. The van der Waals surface area contributed by atoms with Crippen LogP contribution in [-0.2, 0) is 6.54 Å². The predicted octanol–water partition coefficient (Wildman–Crippen LogP) is 5.41. The number of thiocarbonyl (C=S) groups is 1. The van der Waals surface area contributed by atoms with Crippen LogP contribution in [0.25, 0.3) is 11.3 Å². The van der Waals surface area contributed by atoms with Gasteiger partial charge in [0.2, 0.25) is 0 Å². The number of carbonyl (C=O) groups excluding carboxylic acids is 1. The molecule has 2 N–H and O–H groups in total. The zero-order chi connectivity index (χ0) is 24.1. The molecule has 1 aliphatic rings. The molecule has 3 aromatic rings. The fourth-order valence-corrected chi connectivity index (χ4v) is 4.27. The number of nitrogens with one attached hydrogen (secondary N) is 2. The smallest absolute Gasteiger partial charge is 0.293 e. The van der Waals surface area contributed by atoms with Gasteiger partial charge in [0.25, 0.3) is 11.6 Å². The van der Waals surface area contributed by atoms with Gasteiger partial charge in [0.1, 0.15) is 17.2 Å². The van der Waals surface area contributed by atoms with Gasteiger partial charge >= 0.3 is 0 Å². The number of amides is 1. The highest BCUT2D eigenvalue weighted by Gasteiger charge is 2.23. The number of halogens is 1. The quantitative estimate of drug-likeness (QED) is 0.244. The van der Waals surface area contributed by atoms with E-state index in [1.807, 2.05) is 41.3 Å². The minimum atomic E-state index is -0.513. The van der Waals surface area contributed by atoms with Crippen LogP contribution in [0.4, 0.5) is 11.4 Å². The van der Waals surface area contributed by atoms with E-state index in [4.69, 9.17) is 16.6 Å². The highest BCUT2D eigenvalue weighted by molar-refractivity contribution is 9.10. The summed E-state index contributed by atoms with van der Waals surface area (Å²) in [4.78, 5) is 25.8. The molecule has 1 saturated heterocycles. The molecule has 0 bridgehead atoms. The molecule has 1 fully saturated rings. The summed E-state index contributed by atoms with van der Waals surface area (Å²) in [5.74, 6) is 0.859. The molecule has 10 heteroatoms. The second-order valence-corrected chi connectivity index (χ2v) is 9.24. The maximum atomic E-state index is 12.6. The van der Waals surface area contributed by atoms with Crippen molar-refractivity contribution < 1.29 is 14.1 Å². The van der Waals surface area contributed by atoms with Gasteiger partial charge in [-0.1, -0.05) is 28.1 Å². The highest BCUT2D eigenvalue weighted by atomic mass is 79.9. The minimum Gasteiger partial charge on any atom is -0.459 e. The summed E-state index contributed by atoms with van der Waals surface area (Å²) in [6.07, 6.45) is 3.12. The highest BCUT2D eigenvalue weighted by Crippen LogP contribution is 2.31. The van der Waals surface area contributed by atoms with Crippen molar-refractivity contribution in [3.8, 4) is 11.3 Å². The molecule has 0 atom stereocenters. The van der Waals surface area contributed by atoms with E-state index in [1.165, 1.54) is 6.07 Å². The summed E-state index contributed by atoms with van der Waals surface area (Å²) in [6, 6.07) is 16.0. The van der Waals surface area contributed by atoms with E-state index in [-0.39, 0.29) is 22.9 Å². The lowest BCUT2D eigenvalue weighted by molar-refractivity contribution is -0.384. The molecule has 1 amide bonds. The molecule has 2 aromatic carbocycles. The Kier molecular flexibility index (Phi) is 7.59. The van der Waals surface area contributed by atoms with Crippen LogP contribution >= 0.6 is 28.1 Å². The summed E-state index contributed by atoms with van der Waals surface area (Å²) in [7, 11) is 0. The predicted molar refractivity (Wildman–Crippen MR) is 138 cm³/mol. The molecule has 8 nitrogen and oxygen atoms in total. The van der Waals surface area contributed by atoms with Gasteiger partial charge in [0, 0.05) is 34.8 Å². The molecule has 0 radical (unpaired) electrons. The molecular weight excluding hydrogens is 520 g/mol. The van der Waals surface area contributed by atoms with Gasteiger partial charge in [-0.2, -0.15) is 0 Å². The van der Waals surface area contributed by atoms with Crippen molar-refractivity contribution in [1.29, 1.82) is 0 Å². The normalized spacial score (nSPS) is 13.4. The molecular formula is C24H23BrN4O4S.